The van der Waals surface area contributed by atoms with Gasteiger partial charge in [0.15, 0.2) is 0 Å². The van der Waals surface area contributed by atoms with E-state index in [0.29, 0.717) is 18.1 Å². The van der Waals surface area contributed by atoms with E-state index in [1.807, 2.05) is 6.92 Å². The number of hydrogen-bond donors (Lipinski definition) is 1. The molecule has 0 aromatic rings. The first-order valence-corrected chi connectivity index (χ1v) is 8.49. The number of esters is 1. The molecule has 4 atom stereocenters. The van der Waals surface area contributed by atoms with Gasteiger partial charge in [-0.1, -0.05) is 6.92 Å². The van der Waals surface area contributed by atoms with Crippen LogP contribution in [0.5, 0.6) is 0 Å². The molecule has 0 bridgehead atoms. The van der Waals surface area contributed by atoms with Crippen LogP contribution in [0.3, 0.4) is 0 Å². The quantitative estimate of drug-likeness (QED) is 0.765. The van der Waals surface area contributed by atoms with Crippen LogP contribution in [0.4, 0.5) is 0 Å². The van der Waals surface area contributed by atoms with E-state index in [2.05, 4.69) is 31.0 Å². The zero-order valence-corrected chi connectivity index (χ0v) is 14.3. The first-order chi connectivity index (χ1) is 9.87. The Kier molecular flexibility index (Phi) is 5.31. The van der Waals surface area contributed by atoms with Gasteiger partial charge >= 0.3 is 5.97 Å². The Morgan fingerprint density at radius 1 is 1.38 bits per heavy atom. The van der Waals surface area contributed by atoms with Gasteiger partial charge in [0, 0.05) is 18.1 Å². The van der Waals surface area contributed by atoms with Gasteiger partial charge in [-0.15, -0.1) is 0 Å². The molecule has 4 heteroatoms. The molecule has 0 spiro atoms. The molecule has 0 radical (unpaired) electrons. The number of nitrogens with one attached hydrogen (secondary N) is 1. The van der Waals surface area contributed by atoms with Crippen LogP contribution in [0, 0.1) is 5.92 Å². The summed E-state index contributed by atoms with van der Waals surface area (Å²) in [6, 6.07) is 1.48. The van der Waals surface area contributed by atoms with Crippen LogP contribution in [0.25, 0.3) is 0 Å². The van der Waals surface area contributed by atoms with E-state index in [-0.39, 0.29) is 5.97 Å². The van der Waals surface area contributed by atoms with Crippen LogP contribution in [0.2, 0.25) is 0 Å². The van der Waals surface area contributed by atoms with Gasteiger partial charge in [-0.25, -0.2) is 0 Å². The highest BCUT2D eigenvalue weighted by Crippen LogP contribution is 2.30. The third kappa shape index (κ3) is 3.98. The van der Waals surface area contributed by atoms with Gasteiger partial charge < -0.3 is 4.74 Å². The molecule has 1 aliphatic carbocycles. The highest BCUT2D eigenvalue weighted by Gasteiger charge is 2.42. The zero-order chi connectivity index (χ0) is 15.6. The van der Waals surface area contributed by atoms with Gasteiger partial charge in [0.05, 0.1) is 7.11 Å². The zero-order valence-electron chi connectivity index (χ0n) is 14.3. The standard InChI is InChI=1S/C17H32N2O2/c1-12-7-6-10-19(14(12)3)13(2)11-17(4,16(20)21-5)18-15-8-9-15/h12-15,18H,6-11H2,1-5H3. The predicted molar refractivity (Wildman–Crippen MR) is 85.2 cm³/mol. The van der Waals surface area contributed by atoms with E-state index in [4.69, 9.17) is 4.74 Å². The number of methoxy groups -OCH3 is 1. The number of hydrogen-bond acceptors (Lipinski definition) is 4. The molecule has 4 unspecified atom stereocenters. The van der Waals surface area contributed by atoms with Gasteiger partial charge in [0.25, 0.3) is 0 Å². The molecule has 0 amide bonds. The summed E-state index contributed by atoms with van der Waals surface area (Å²) in [6.45, 7) is 10.1. The Morgan fingerprint density at radius 3 is 2.62 bits per heavy atom. The number of nitrogens with zero attached hydrogens (tertiary/aromatic N) is 1. The van der Waals surface area contributed by atoms with Crippen LogP contribution >= 0.6 is 0 Å². The number of likely N-dealkylation sites (tertiary alicyclic amines) is 1. The van der Waals surface area contributed by atoms with Crippen LogP contribution in [0.1, 0.15) is 59.8 Å². The molecular weight excluding hydrogens is 264 g/mol. The van der Waals surface area contributed by atoms with Crippen molar-refractivity contribution < 1.29 is 9.53 Å². The average Bonchev–Trinajstić information content (AvgIpc) is 3.24. The normalized spacial score (nSPS) is 31.5. The van der Waals surface area contributed by atoms with E-state index in [1.54, 1.807) is 0 Å². The van der Waals surface area contributed by atoms with Crippen molar-refractivity contribution in [3.05, 3.63) is 0 Å². The van der Waals surface area contributed by atoms with Crippen LogP contribution in [0.15, 0.2) is 0 Å². The van der Waals surface area contributed by atoms with Crippen LogP contribution in [-0.4, -0.2) is 48.2 Å². The smallest absolute Gasteiger partial charge is 0.325 e. The third-order valence-corrected chi connectivity index (χ3v) is 5.43. The van der Waals surface area contributed by atoms with Crippen molar-refractivity contribution in [2.75, 3.05) is 13.7 Å². The SMILES string of the molecule is COC(=O)C(C)(CC(C)N1CCCC(C)C1C)NC1CC1. The van der Waals surface area contributed by atoms with Crippen molar-refractivity contribution in [2.45, 2.75) is 83.5 Å². The second-order valence-corrected chi connectivity index (χ2v) is 7.39. The Labute approximate surface area is 129 Å². The molecule has 2 rings (SSSR count). The molecule has 1 heterocycles. The summed E-state index contributed by atoms with van der Waals surface area (Å²) >= 11 is 0. The fraction of sp³-hybridized carbons (Fsp3) is 0.941. The lowest BCUT2D eigenvalue weighted by atomic mass is 9.87. The van der Waals surface area contributed by atoms with Crippen molar-refractivity contribution in [3.8, 4) is 0 Å². The number of rotatable bonds is 6. The summed E-state index contributed by atoms with van der Waals surface area (Å²) in [6.07, 6.45) is 5.75. The second-order valence-electron chi connectivity index (χ2n) is 7.39. The van der Waals surface area contributed by atoms with E-state index in [1.165, 1.54) is 32.8 Å². The minimum absolute atomic E-state index is 0.126. The first kappa shape index (κ1) is 16.8. The summed E-state index contributed by atoms with van der Waals surface area (Å²) in [7, 11) is 1.49. The fourth-order valence-electron chi connectivity index (χ4n) is 3.80. The maximum atomic E-state index is 12.3. The van der Waals surface area contributed by atoms with Gasteiger partial charge in [0.1, 0.15) is 5.54 Å². The number of piperidine rings is 1. The van der Waals surface area contributed by atoms with E-state index < -0.39 is 5.54 Å². The van der Waals surface area contributed by atoms with Crippen molar-refractivity contribution in [2.24, 2.45) is 5.92 Å². The highest BCUT2D eigenvalue weighted by atomic mass is 16.5. The van der Waals surface area contributed by atoms with Gasteiger partial charge in [-0.2, -0.15) is 0 Å². The Balaban J connectivity index is 2.02. The molecule has 1 N–H and O–H groups in total. The molecule has 2 aliphatic rings. The Bertz CT molecular complexity index is 370. The van der Waals surface area contributed by atoms with Gasteiger partial charge in [-0.05, 0) is 65.3 Å². The third-order valence-electron chi connectivity index (χ3n) is 5.43. The topological polar surface area (TPSA) is 41.6 Å². The largest absolute Gasteiger partial charge is 0.468 e. The maximum absolute atomic E-state index is 12.3. The minimum Gasteiger partial charge on any atom is -0.468 e. The molecule has 1 aliphatic heterocycles. The molecular formula is C17H32N2O2. The number of carbonyl (C=O) groups is 1. The second kappa shape index (κ2) is 6.66. The van der Waals surface area contributed by atoms with E-state index in [0.717, 1.165) is 18.9 Å². The lowest BCUT2D eigenvalue weighted by Gasteiger charge is -2.44. The monoisotopic (exact) mass is 296 g/mol. The van der Waals surface area contributed by atoms with Crippen molar-refractivity contribution in [3.63, 3.8) is 0 Å². The molecule has 1 saturated carbocycles. The molecule has 4 nitrogen and oxygen atoms in total. The summed E-state index contributed by atoms with van der Waals surface area (Å²) in [5, 5.41) is 3.51. The summed E-state index contributed by atoms with van der Waals surface area (Å²) in [5.41, 5.74) is -0.560. The lowest BCUT2D eigenvalue weighted by molar-refractivity contribution is -0.149. The van der Waals surface area contributed by atoms with Gasteiger partial charge in [-0.3, -0.25) is 15.0 Å². The van der Waals surface area contributed by atoms with Crippen LogP contribution in [-0.2, 0) is 9.53 Å². The summed E-state index contributed by atoms with van der Waals surface area (Å²) < 4.78 is 5.06. The summed E-state index contributed by atoms with van der Waals surface area (Å²) in [5.74, 6) is 0.612. The molecule has 122 valence electrons. The first-order valence-electron chi connectivity index (χ1n) is 8.49. The van der Waals surface area contributed by atoms with Crippen molar-refractivity contribution in [1.82, 2.24) is 10.2 Å². The highest BCUT2D eigenvalue weighted by molar-refractivity contribution is 5.80. The number of carbonyl (C=O) groups excluding carboxylic acids is 1. The predicted octanol–water partition coefficient (Wildman–Crippen LogP) is 2.57. The van der Waals surface area contributed by atoms with Crippen molar-refractivity contribution >= 4 is 5.97 Å². The van der Waals surface area contributed by atoms with E-state index >= 15 is 0 Å². The molecule has 0 aromatic carbocycles. The molecule has 0 aromatic heterocycles. The average molecular weight is 296 g/mol. The molecule has 21 heavy (non-hydrogen) atoms. The molecule has 2 fully saturated rings. The van der Waals surface area contributed by atoms with E-state index in [9.17, 15) is 4.79 Å². The maximum Gasteiger partial charge on any atom is 0.325 e. The fourth-order valence-corrected chi connectivity index (χ4v) is 3.80. The molecule has 1 saturated heterocycles. The summed E-state index contributed by atoms with van der Waals surface area (Å²) in [4.78, 5) is 14.8. The van der Waals surface area contributed by atoms with Crippen molar-refractivity contribution in [1.29, 1.82) is 0 Å². The van der Waals surface area contributed by atoms with Gasteiger partial charge in [0.2, 0.25) is 0 Å². The Morgan fingerprint density at radius 2 is 2.05 bits per heavy atom. The number of ether oxygens (including phenoxy) is 1. The Hall–Kier alpha value is -0.610. The van der Waals surface area contributed by atoms with Crippen LogP contribution < -0.4 is 5.32 Å². The lowest BCUT2D eigenvalue weighted by Crippen LogP contribution is -2.57. The minimum atomic E-state index is -0.560.